The van der Waals surface area contributed by atoms with Crippen molar-refractivity contribution in [2.24, 2.45) is 17.8 Å². The number of carbonyl (C=O) groups excluding carboxylic acids is 3. The maximum atomic E-state index is 12.9. The van der Waals surface area contributed by atoms with Gasteiger partial charge in [0.25, 0.3) is 0 Å². The lowest BCUT2D eigenvalue weighted by Gasteiger charge is -2.18. The highest BCUT2D eigenvalue weighted by atomic mass is 16.6. The van der Waals surface area contributed by atoms with Crippen molar-refractivity contribution in [2.75, 3.05) is 13.2 Å². The third-order valence-electron chi connectivity index (χ3n) is 14.0. The summed E-state index contributed by atoms with van der Waals surface area (Å²) in [6.07, 6.45) is 53.9. The topological polar surface area (TPSA) is 78.9 Å². The molecule has 1 unspecified atom stereocenters. The zero-order valence-corrected chi connectivity index (χ0v) is 45.5. The molecule has 0 N–H and O–H groups in total. The standard InChI is InChI=1S/C60H116O6/c1-7-56(6)48-42-36-32-33-38-44-50-59(62)65-53-57(66-60(63)51-45-39-31-27-23-19-15-11-9-13-17-21-25-29-35-41-47-55(4)5)52-64-58(61)49-43-37-30-26-22-18-14-10-8-12-16-20-24-28-34-40-46-54(2)3/h54-57H,7-53H2,1-6H3/t56?,57-/m0/s1. The van der Waals surface area contributed by atoms with Gasteiger partial charge in [0.2, 0.25) is 0 Å². The summed E-state index contributed by atoms with van der Waals surface area (Å²) in [5, 5.41) is 0. The monoisotopic (exact) mass is 933 g/mol. The molecular formula is C60H116O6. The van der Waals surface area contributed by atoms with Crippen LogP contribution >= 0.6 is 0 Å². The summed E-state index contributed by atoms with van der Waals surface area (Å²) in [6, 6.07) is 0. The molecule has 0 aromatic heterocycles. The van der Waals surface area contributed by atoms with E-state index in [-0.39, 0.29) is 31.1 Å². The van der Waals surface area contributed by atoms with Crippen LogP contribution in [0, 0.1) is 17.8 Å². The summed E-state index contributed by atoms with van der Waals surface area (Å²) in [7, 11) is 0. The Morgan fingerprint density at radius 2 is 0.530 bits per heavy atom. The molecule has 0 saturated heterocycles. The summed E-state index contributed by atoms with van der Waals surface area (Å²) < 4.78 is 16.9. The molecule has 0 aromatic carbocycles. The van der Waals surface area contributed by atoms with Crippen LogP contribution in [0.2, 0.25) is 0 Å². The van der Waals surface area contributed by atoms with E-state index in [1.165, 1.54) is 212 Å². The zero-order valence-electron chi connectivity index (χ0n) is 45.5. The molecule has 66 heavy (non-hydrogen) atoms. The Morgan fingerprint density at radius 1 is 0.303 bits per heavy atom. The first-order valence-corrected chi connectivity index (χ1v) is 29.6. The number of hydrogen-bond acceptors (Lipinski definition) is 6. The minimum Gasteiger partial charge on any atom is -0.462 e. The molecule has 6 heteroatoms. The van der Waals surface area contributed by atoms with Crippen LogP contribution in [0.1, 0.15) is 330 Å². The van der Waals surface area contributed by atoms with Crippen LogP contribution in [0.5, 0.6) is 0 Å². The second-order valence-corrected chi connectivity index (χ2v) is 21.8. The van der Waals surface area contributed by atoms with E-state index in [1.807, 2.05) is 0 Å². The first-order chi connectivity index (χ1) is 32.1. The van der Waals surface area contributed by atoms with Crippen molar-refractivity contribution in [1.82, 2.24) is 0 Å². The van der Waals surface area contributed by atoms with Crippen LogP contribution in [0.25, 0.3) is 0 Å². The minimum atomic E-state index is -0.764. The van der Waals surface area contributed by atoms with E-state index < -0.39 is 6.10 Å². The predicted octanol–water partition coefficient (Wildman–Crippen LogP) is 19.5. The summed E-state index contributed by atoms with van der Waals surface area (Å²) >= 11 is 0. The quantitative estimate of drug-likeness (QED) is 0.0343. The predicted molar refractivity (Wildman–Crippen MR) is 284 cm³/mol. The van der Waals surface area contributed by atoms with Crippen LogP contribution in [0.3, 0.4) is 0 Å². The van der Waals surface area contributed by atoms with E-state index in [1.54, 1.807) is 0 Å². The normalized spacial score (nSPS) is 12.5. The zero-order chi connectivity index (χ0) is 48.4. The minimum absolute atomic E-state index is 0.0640. The van der Waals surface area contributed by atoms with Crippen molar-refractivity contribution in [3.63, 3.8) is 0 Å². The van der Waals surface area contributed by atoms with E-state index in [2.05, 4.69) is 41.5 Å². The molecule has 0 bridgehead atoms. The van der Waals surface area contributed by atoms with Gasteiger partial charge in [-0.3, -0.25) is 14.4 Å². The van der Waals surface area contributed by atoms with Gasteiger partial charge < -0.3 is 14.2 Å². The second kappa shape index (κ2) is 51.3. The average molecular weight is 934 g/mol. The van der Waals surface area contributed by atoms with Gasteiger partial charge in [0.05, 0.1) is 0 Å². The molecule has 2 atom stereocenters. The van der Waals surface area contributed by atoms with Gasteiger partial charge in [0.1, 0.15) is 13.2 Å². The third kappa shape index (κ3) is 51.8. The van der Waals surface area contributed by atoms with Gasteiger partial charge in [0.15, 0.2) is 6.10 Å². The number of ether oxygens (including phenoxy) is 3. The number of rotatable bonds is 53. The Hall–Kier alpha value is -1.59. The highest BCUT2D eigenvalue weighted by Gasteiger charge is 2.19. The van der Waals surface area contributed by atoms with Crippen LogP contribution in [-0.4, -0.2) is 37.2 Å². The van der Waals surface area contributed by atoms with Gasteiger partial charge in [-0.1, -0.05) is 292 Å². The Balaban J connectivity index is 4.23. The van der Waals surface area contributed by atoms with E-state index in [9.17, 15) is 14.4 Å². The van der Waals surface area contributed by atoms with Gasteiger partial charge >= 0.3 is 17.9 Å². The first-order valence-electron chi connectivity index (χ1n) is 29.6. The van der Waals surface area contributed by atoms with Crippen molar-refractivity contribution in [1.29, 1.82) is 0 Å². The highest BCUT2D eigenvalue weighted by molar-refractivity contribution is 5.71. The summed E-state index contributed by atoms with van der Waals surface area (Å²) in [5.41, 5.74) is 0. The maximum Gasteiger partial charge on any atom is 0.306 e. The molecule has 0 fully saturated rings. The SMILES string of the molecule is CCC(C)CCCCCCCCC(=O)OC[C@H](COC(=O)CCCCCCCCCCCCCCCCCCC(C)C)OC(=O)CCCCCCCCCCCCCCCCCCC(C)C. The van der Waals surface area contributed by atoms with Gasteiger partial charge in [-0.2, -0.15) is 0 Å². The fourth-order valence-electron chi connectivity index (χ4n) is 9.14. The average Bonchev–Trinajstić information content (AvgIpc) is 3.29. The Labute approximate surface area is 412 Å². The van der Waals surface area contributed by atoms with Crippen molar-refractivity contribution >= 4 is 17.9 Å². The molecule has 0 aliphatic heterocycles. The van der Waals surface area contributed by atoms with E-state index >= 15 is 0 Å². The van der Waals surface area contributed by atoms with E-state index in [0.717, 1.165) is 75.5 Å². The van der Waals surface area contributed by atoms with Crippen molar-refractivity contribution < 1.29 is 28.6 Å². The lowest BCUT2D eigenvalue weighted by atomic mass is 10.00. The van der Waals surface area contributed by atoms with E-state index in [0.29, 0.717) is 19.3 Å². The summed E-state index contributed by atoms with van der Waals surface area (Å²) in [4.78, 5) is 38.1. The molecule has 0 amide bonds. The third-order valence-corrected chi connectivity index (χ3v) is 14.0. The Kier molecular flexibility index (Phi) is 50.0. The maximum absolute atomic E-state index is 12.9. The second-order valence-electron chi connectivity index (χ2n) is 21.8. The Morgan fingerprint density at radius 3 is 0.788 bits per heavy atom. The lowest BCUT2D eigenvalue weighted by Crippen LogP contribution is -2.30. The molecule has 0 radical (unpaired) electrons. The molecule has 0 rings (SSSR count). The number of carbonyl (C=O) groups is 3. The van der Waals surface area contributed by atoms with Gasteiger partial charge in [-0.15, -0.1) is 0 Å². The Bertz CT molecular complexity index is 1020. The van der Waals surface area contributed by atoms with Gasteiger partial charge in [-0.25, -0.2) is 0 Å². The highest BCUT2D eigenvalue weighted by Crippen LogP contribution is 2.19. The van der Waals surface area contributed by atoms with Crippen molar-refractivity contribution in [3.05, 3.63) is 0 Å². The van der Waals surface area contributed by atoms with Crippen molar-refractivity contribution in [3.8, 4) is 0 Å². The van der Waals surface area contributed by atoms with Crippen LogP contribution in [-0.2, 0) is 28.6 Å². The molecular weight excluding hydrogens is 817 g/mol. The van der Waals surface area contributed by atoms with Crippen molar-refractivity contribution in [2.45, 2.75) is 337 Å². The summed E-state index contributed by atoms with van der Waals surface area (Å²) in [6.45, 7) is 13.8. The van der Waals surface area contributed by atoms with Crippen LogP contribution < -0.4 is 0 Å². The van der Waals surface area contributed by atoms with Crippen LogP contribution in [0.4, 0.5) is 0 Å². The van der Waals surface area contributed by atoms with Gasteiger partial charge in [-0.05, 0) is 37.0 Å². The molecule has 0 saturated carbocycles. The fraction of sp³-hybridized carbons (Fsp3) is 0.950. The number of hydrogen-bond donors (Lipinski definition) is 0. The number of unbranched alkanes of at least 4 members (excludes halogenated alkanes) is 35. The molecule has 0 spiro atoms. The molecule has 0 aliphatic carbocycles. The van der Waals surface area contributed by atoms with E-state index in [4.69, 9.17) is 14.2 Å². The molecule has 6 nitrogen and oxygen atoms in total. The molecule has 392 valence electrons. The molecule has 0 aliphatic rings. The molecule has 0 heterocycles. The summed E-state index contributed by atoms with van der Waals surface area (Å²) in [5.74, 6) is 1.67. The smallest absolute Gasteiger partial charge is 0.306 e. The molecule has 0 aromatic rings. The van der Waals surface area contributed by atoms with Crippen LogP contribution in [0.15, 0.2) is 0 Å². The first kappa shape index (κ1) is 64.4. The lowest BCUT2D eigenvalue weighted by molar-refractivity contribution is -0.167. The fourth-order valence-corrected chi connectivity index (χ4v) is 9.14. The largest absolute Gasteiger partial charge is 0.462 e. The number of esters is 3. The van der Waals surface area contributed by atoms with Gasteiger partial charge in [0, 0.05) is 19.3 Å².